The zero-order valence-electron chi connectivity index (χ0n) is 12.7. The number of benzene rings is 1. The molecule has 0 bridgehead atoms. The normalized spacial score (nSPS) is 14.1. The van der Waals surface area contributed by atoms with E-state index in [2.05, 4.69) is 11.9 Å². The molecule has 0 aliphatic carbocycles. The molecular formula is C16H23NO4. The number of aliphatic hydroxyl groups is 2. The van der Waals surface area contributed by atoms with Crippen LogP contribution in [0.5, 0.6) is 0 Å². The van der Waals surface area contributed by atoms with Gasteiger partial charge in [-0.2, -0.15) is 0 Å². The van der Waals surface area contributed by atoms with Crippen molar-refractivity contribution in [3.63, 3.8) is 0 Å². The molecule has 0 aliphatic heterocycles. The Bertz CT molecular complexity index is 476. The number of carbonyl (C=O) groups is 1. The van der Waals surface area contributed by atoms with Gasteiger partial charge in [0.25, 0.3) is 0 Å². The van der Waals surface area contributed by atoms with Gasteiger partial charge >= 0.3 is 6.09 Å². The van der Waals surface area contributed by atoms with Crippen LogP contribution in [0.4, 0.5) is 4.79 Å². The third-order valence-electron chi connectivity index (χ3n) is 2.73. The van der Waals surface area contributed by atoms with Crippen molar-refractivity contribution >= 4 is 12.2 Å². The van der Waals surface area contributed by atoms with Gasteiger partial charge < -0.3 is 20.3 Å². The summed E-state index contributed by atoms with van der Waals surface area (Å²) < 4.78 is 5.05. The lowest BCUT2D eigenvalue weighted by molar-refractivity contribution is 0.0129. The second-order valence-corrected chi connectivity index (χ2v) is 5.77. The molecule has 0 saturated heterocycles. The Balaban J connectivity index is 2.52. The average molecular weight is 293 g/mol. The third kappa shape index (κ3) is 5.97. The summed E-state index contributed by atoms with van der Waals surface area (Å²) in [5, 5.41) is 22.4. The Kier molecular flexibility index (Phi) is 5.93. The first-order valence-corrected chi connectivity index (χ1v) is 6.78. The lowest BCUT2D eigenvalue weighted by atomic mass is 10.0. The van der Waals surface area contributed by atoms with Crippen LogP contribution in [0, 0.1) is 0 Å². The molecule has 1 aromatic carbocycles. The van der Waals surface area contributed by atoms with Crippen molar-refractivity contribution in [3.8, 4) is 0 Å². The Labute approximate surface area is 125 Å². The van der Waals surface area contributed by atoms with Gasteiger partial charge in [-0.1, -0.05) is 36.9 Å². The molecule has 2 unspecified atom stereocenters. The van der Waals surface area contributed by atoms with E-state index in [4.69, 9.17) is 4.74 Å². The predicted octanol–water partition coefficient (Wildman–Crippen LogP) is 2.25. The molecule has 0 aliphatic rings. The molecule has 1 amide bonds. The quantitative estimate of drug-likeness (QED) is 0.778. The fourth-order valence-electron chi connectivity index (χ4n) is 1.67. The largest absolute Gasteiger partial charge is 0.444 e. The number of alkyl carbamates (subject to hydrolysis) is 1. The van der Waals surface area contributed by atoms with Crippen LogP contribution in [0.3, 0.4) is 0 Å². The van der Waals surface area contributed by atoms with E-state index in [1.807, 2.05) is 0 Å². The van der Waals surface area contributed by atoms with Gasteiger partial charge in [0.2, 0.25) is 0 Å². The minimum absolute atomic E-state index is 0.0979. The highest BCUT2D eigenvalue weighted by Gasteiger charge is 2.21. The number of aliphatic hydroxyl groups excluding tert-OH is 2. The van der Waals surface area contributed by atoms with E-state index < -0.39 is 23.9 Å². The van der Waals surface area contributed by atoms with Crippen LogP contribution in [0.15, 0.2) is 30.8 Å². The van der Waals surface area contributed by atoms with E-state index in [1.54, 1.807) is 51.1 Å². The van der Waals surface area contributed by atoms with Crippen LogP contribution in [0.1, 0.15) is 38.0 Å². The highest BCUT2D eigenvalue weighted by molar-refractivity contribution is 5.67. The van der Waals surface area contributed by atoms with Crippen LogP contribution in [0.25, 0.3) is 6.08 Å². The van der Waals surface area contributed by atoms with Gasteiger partial charge in [0.15, 0.2) is 0 Å². The molecule has 0 heterocycles. The van der Waals surface area contributed by atoms with Crippen LogP contribution in [-0.4, -0.2) is 34.6 Å². The summed E-state index contributed by atoms with van der Waals surface area (Å²) in [7, 11) is 0. The summed E-state index contributed by atoms with van der Waals surface area (Å²) in [6.45, 7) is 8.79. The molecular weight excluding hydrogens is 270 g/mol. The van der Waals surface area contributed by atoms with Gasteiger partial charge in [0.1, 0.15) is 17.8 Å². The maximum atomic E-state index is 11.5. The summed E-state index contributed by atoms with van der Waals surface area (Å²) in [6, 6.07) is 7.00. The number of amides is 1. The first kappa shape index (κ1) is 17.2. The van der Waals surface area contributed by atoms with Gasteiger partial charge in [0, 0.05) is 6.54 Å². The maximum Gasteiger partial charge on any atom is 0.407 e. The SMILES string of the molecule is C=Cc1ccc(C(O)C(O)CNC(=O)OC(C)(C)C)cc1. The highest BCUT2D eigenvalue weighted by atomic mass is 16.6. The molecule has 1 aromatic rings. The lowest BCUT2D eigenvalue weighted by Gasteiger charge is -2.22. The van der Waals surface area contributed by atoms with E-state index in [9.17, 15) is 15.0 Å². The van der Waals surface area contributed by atoms with Gasteiger partial charge in [-0.3, -0.25) is 0 Å². The molecule has 0 spiro atoms. The van der Waals surface area contributed by atoms with Crippen molar-refractivity contribution in [2.24, 2.45) is 0 Å². The molecule has 0 aromatic heterocycles. The van der Waals surface area contributed by atoms with Gasteiger partial charge in [-0.15, -0.1) is 0 Å². The van der Waals surface area contributed by atoms with Gasteiger partial charge in [-0.05, 0) is 31.9 Å². The summed E-state index contributed by atoms with van der Waals surface area (Å²) in [5.41, 5.74) is 0.889. The van der Waals surface area contributed by atoms with Crippen LogP contribution in [0.2, 0.25) is 0 Å². The van der Waals surface area contributed by atoms with E-state index in [0.29, 0.717) is 5.56 Å². The number of nitrogens with one attached hydrogen (secondary N) is 1. The highest BCUT2D eigenvalue weighted by Crippen LogP contribution is 2.18. The minimum Gasteiger partial charge on any atom is -0.444 e. The molecule has 2 atom stereocenters. The second kappa shape index (κ2) is 7.24. The van der Waals surface area contributed by atoms with E-state index >= 15 is 0 Å². The minimum atomic E-state index is -1.12. The fourth-order valence-corrected chi connectivity index (χ4v) is 1.67. The molecule has 21 heavy (non-hydrogen) atoms. The molecule has 5 nitrogen and oxygen atoms in total. The number of rotatable bonds is 5. The standard InChI is InChI=1S/C16H23NO4/c1-5-11-6-8-12(9-7-11)14(19)13(18)10-17-15(20)21-16(2,3)4/h5-9,13-14,18-19H,1,10H2,2-4H3,(H,17,20). The number of hydrogen-bond donors (Lipinski definition) is 3. The maximum absolute atomic E-state index is 11.5. The van der Waals surface area contributed by atoms with E-state index in [-0.39, 0.29) is 6.54 Å². The predicted molar refractivity (Wildman–Crippen MR) is 81.7 cm³/mol. The molecule has 0 fully saturated rings. The van der Waals surface area contributed by atoms with Crippen molar-refractivity contribution in [3.05, 3.63) is 42.0 Å². The van der Waals surface area contributed by atoms with Crippen LogP contribution in [-0.2, 0) is 4.74 Å². The molecule has 116 valence electrons. The van der Waals surface area contributed by atoms with Gasteiger partial charge in [0.05, 0.1) is 0 Å². The molecule has 5 heteroatoms. The third-order valence-corrected chi connectivity index (χ3v) is 2.73. The molecule has 3 N–H and O–H groups in total. The first-order valence-electron chi connectivity index (χ1n) is 6.78. The molecule has 1 rings (SSSR count). The lowest BCUT2D eigenvalue weighted by Crippen LogP contribution is -2.38. The van der Waals surface area contributed by atoms with Crippen LogP contribution < -0.4 is 5.32 Å². The summed E-state index contributed by atoms with van der Waals surface area (Å²) in [4.78, 5) is 11.5. The van der Waals surface area contributed by atoms with E-state index in [0.717, 1.165) is 5.56 Å². The smallest absolute Gasteiger partial charge is 0.407 e. The van der Waals surface area contributed by atoms with Gasteiger partial charge in [-0.25, -0.2) is 4.79 Å². The summed E-state index contributed by atoms with van der Waals surface area (Å²) in [5.74, 6) is 0. The van der Waals surface area contributed by atoms with Crippen molar-refractivity contribution < 1.29 is 19.7 Å². The fraction of sp³-hybridized carbons (Fsp3) is 0.438. The van der Waals surface area contributed by atoms with E-state index in [1.165, 1.54) is 0 Å². The van der Waals surface area contributed by atoms with Crippen molar-refractivity contribution in [1.29, 1.82) is 0 Å². The Morgan fingerprint density at radius 3 is 2.38 bits per heavy atom. The zero-order chi connectivity index (χ0) is 16.0. The monoisotopic (exact) mass is 293 g/mol. The van der Waals surface area contributed by atoms with Crippen LogP contribution >= 0.6 is 0 Å². The summed E-state index contributed by atoms with van der Waals surface area (Å²) >= 11 is 0. The zero-order valence-corrected chi connectivity index (χ0v) is 12.7. The first-order chi connectivity index (χ1) is 9.73. The van der Waals surface area contributed by atoms with Crippen molar-refractivity contribution in [1.82, 2.24) is 5.32 Å². The Morgan fingerprint density at radius 2 is 1.90 bits per heavy atom. The average Bonchev–Trinajstić information content (AvgIpc) is 2.42. The summed E-state index contributed by atoms with van der Waals surface area (Å²) in [6.07, 6.45) is -1.14. The number of carbonyl (C=O) groups excluding carboxylic acids is 1. The molecule has 0 radical (unpaired) electrons. The second-order valence-electron chi connectivity index (χ2n) is 5.77. The Hall–Kier alpha value is -1.85. The Morgan fingerprint density at radius 1 is 1.33 bits per heavy atom. The van der Waals surface area contributed by atoms with Crippen molar-refractivity contribution in [2.45, 2.75) is 38.6 Å². The van der Waals surface area contributed by atoms with Crippen molar-refractivity contribution in [2.75, 3.05) is 6.54 Å². The number of ether oxygens (including phenoxy) is 1. The molecule has 0 saturated carbocycles. The number of hydrogen-bond acceptors (Lipinski definition) is 4. The topological polar surface area (TPSA) is 78.8 Å².